The molecule has 0 aliphatic carbocycles. The van der Waals surface area contributed by atoms with Gasteiger partial charge >= 0.3 is 0 Å². The van der Waals surface area contributed by atoms with E-state index in [1.807, 2.05) is 0 Å². The summed E-state index contributed by atoms with van der Waals surface area (Å²) in [7, 11) is -0.141. The first-order chi connectivity index (χ1) is 7.06. The van der Waals surface area contributed by atoms with Gasteiger partial charge in [0.25, 0.3) is 0 Å². The van der Waals surface area contributed by atoms with Gasteiger partial charge in [-0.05, 0) is 18.8 Å². The van der Waals surface area contributed by atoms with Gasteiger partial charge in [0.05, 0.1) is 19.5 Å². The van der Waals surface area contributed by atoms with Crippen LogP contribution in [0.4, 0.5) is 4.39 Å². The Balaban J connectivity index is 3.41. The molecule has 0 aromatic heterocycles. The number of hydrogen-bond donors (Lipinski definition) is 0. The van der Waals surface area contributed by atoms with Crippen LogP contribution >= 0.6 is 7.14 Å². The summed E-state index contributed by atoms with van der Waals surface area (Å²) in [5.41, 5.74) is 0. The number of benzene rings is 1. The van der Waals surface area contributed by atoms with Crippen molar-refractivity contribution in [2.45, 2.75) is 0 Å². The molecule has 15 heavy (non-hydrogen) atoms. The van der Waals surface area contributed by atoms with E-state index in [1.54, 1.807) is 18.2 Å². The molecule has 1 aromatic rings. The fourth-order valence-corrected chi connectivity index (χ4v) is 2.74. The first-order valence-corrected chi connectivity index (χ1v) is 6.74. The molecule has 0 bridgehead atoms. The van der Waals surface area contributed by atoms with Gasteiger partial charge < -0.3 is 14.0 Å². The lowest BCUT2D eigenvalue weighted by Gasteiger charge is -2.16. The molecule has 0 radical (unpaired) electrons. The Morgan fingerprint density at radius 2 is 1.73 bits per heavy atom. The van der Waals surface area contributed by atoms with Gasteiger partial charge in [0.1, 0.15) is 25.1 Å². The molecular formula is C10H14FO3P. The van der Waals surface area contributed by atoms with Crippen molar-refractivity contribution in [2.75, 3.05) is 27.3 Å². The maximum Gasteiger partial charge on any atom is 0.149 e. The number of ether oxygens (including phenoxy) is 2. The lowest BCUT2D eigenvalue weighted by molar-refractivity contribution is 0.399. The maximum absolute atomic E-state index is 12.7. The summed E-state index contributed by atoms with van der Waals surface area (Å²) in [6.07, 6.45) is -0.899. The fourth-order valence-electron chi connectivity index (χ4n) is 1.36. The average Bonchev–Trinajstić information content (AvgIpc) is 2.27. The van der Waals surface area contributed by atoms with Crippen molar-refractivity contribution in [1.82, 2.24) is 0 Å². The van der Waals surface area contributed by atoms with Gasteiger partial charge in [-0.3, -0.25) is 0 Å². The number of halogens is 1. The predicted octanol–water partition coefficient (Wildman–Crippen LogP) is 2.25. The topological polar surface area (TPSA) is 35.5 Å². The van der Waals surface area contributed by atoms with E-state index in [1.165, 1.54) is 20.9 Å². The highest BCUT2D eigenvalue weighted by atomic mass is 31.2. The lowest BCUT2D eigenvalue weighted by Crippen LogP contribution is -2.12. The van der Waals surface area contributed by atoms with Gasteiger partial charge in [-0.1, -0.05) is 6.07 Å². The second-order valence-electron chi connectivity index (χ2n) is 3.23. The van der Waals surface area contributed by atoms with Gasteiger partial charge in [0.2, 0.25) is 0 Å². The van der Waals surface area contributed by atoms with Crippen molar-refractivity contribution in [1.29, 1.82) is 0 Å². The molecule has 0 amide bonds. The van der Waals surface area contributed by atoms with Crippen molar-refractivity contribution in [3.8, 4) is 11.5 Å². The van der Waals surface area contributed by atoms with Gasteiger partial charge in [-0.15, -0.1) is 0 Å². The molecule has 3 nitrogen and oxygen atoms in total. The summed E-state index contributed by atoms with van der Waals surface area (Å²) < 4.78 is 34.8. The van der Waals surface area contributed by atoms with Crippen LogP contribution in [0.3, 0.4) is 0 Å². The van der Waals surface area contributed by atoms with Crippen LogP contribution in [0.25, 0.3) is 0 Å². The fraction of sp³-hybridized carbons (Fsp3) is 0.400. The minimum absolute atomic E-state index is 0.331. The smallest absolute Gasteiger partial charge is 0.149 e. The van der Waals surface area contributed by atoms with Crippen molar-refractivity contribution in [2.24, 2.45) is 0 Å². The predicted molar refractivity (Wildman–Crippen MR) is 58.7 cm³/mol. The summed E-state index contributed by atoms with van der Waals surface area (Å²) in [5.74, 6) is 0.802. The Hall–Kier alpha value is -1.02. The highest BCUT2D eigenvalue weighted by Crippen LogP contribution is 2.46. The first-order valence-electron chi connectivity index (χ1n) is 4.41. The minimum Gasteiger partial charge on any atom is -0.496 e. The highest BCUT2D eigenvalue weighted by molar-refractivity contribution is 7.71. The third kappa shape index (κ3) is 2.32. The van der Waals surface area contributed by atoms with Gasteiger partial charge in [0.15, 0.2) is 0 Å². The zero-order valence-corrected chi connectivity index (χ0v) is 9.88. The van der Waals surface area contributed by atoms with E-state index in [4.69, 9.17) is 9.47 Å². The Kier molecular flexibility index (Phi) is 3.75. The molecule has 0 unspecified atom stereocenters. The van der Waals surface area contributed by atoms with Crippen molar-refractivity contribution in [3.63, 3.8) is 0 Å². The zero-order valence-electron chi connectivity index (χ0n) is 8.99. The molecule has 0 saturated carbocycles. The number of hydrogen-bond acceptors (Lipinski definition) is 3. The van der Waals surface area contributed by atoms with E-state index in [-0.39, 0.29) is 0 Å². The van der Waals surface area contributed by atoms with Gasteiger partial charge in [-0.2, -0.15) is 0 Å². The second kappa shape index (κ2) is 4.67. The first kappa shape index (κ1) is 12.1. The standard InChI is InChI=1S/C10H14FO3P/c1-13-8-5-4-6-9(14-2)10(8)15(3,12)7-11/h4-6H,7H2,1-3H3/t15-/m1/s1. The van der Waals surface area contributed by atoms with Crippen molar-refractivity contribution < 1.29 is 18.4 Å². The van der Waals surface area contributed by atoms with E-state index in [0.29, 0.717) is 16.8 Å². The van der Waals surface area contributed by atoms with Crippen molar-refractivity contribution >= 4 is 12.4 Å². The molecular weight excluding hydrogens is 218 g/mol. The normalized spacial score (nSPS) is 14.4. The zero-order chi connectivity index (χ0) is 11.5. The van der Waals surface area contributed by atoms with E-state index in [0.717, 1.165) is 0 Å². The van der Waals surface area contributed by atoms with Crippen LogP contribution in [-0.2, 0) is 4.57 Å². The molecule has 0 spiro atoms. The van der Waals surface area contributed by atoms with Crippen LogP contribution in [0.15, 0.2) is 18.2 Å². The molecule has 0 aliphatic rings. The van der Waals surface area contributed by atoms with Crippen molar-refractivity contribution in [3.05, 3.63) is 18.2 Å². The van der Waals surface area contributed by atoms with E-state index in [9.17, 15) is 8.96 Å². The maximum atomic E-state index is 12.7. The number of alkyl halides is 1. The third-order valence-corrected chi connectivity index (χ3v) is 3.95. The molecule has 0 aliphatic heterocycles. The van der Waals surface area contributed by atoms with Crippen LogP contribution in [0.1, 0.15) is 0 Å². The van der Waals surface area contributed by atoms with Gasteiger partial charge in [-0.25, -0.2) is 4.39 Å². The van der Waals surface area contributed by atoms with E-state index < -0.39 is 13.6 Å². The molecule has 1 rings (SSSR count). The molecule has 0 saturated heterocycles. The molecule has 0 heterocycles. The SMILES string of the molecule is COc1cccc(OC)c1[P@](C)(=O)CF. The summed E-state index contributed by atoms with van der Waals surface area (Å²) >= 11 is 0. The molecule has 84 valence electrons. The van der Waals surface area contributed by atoms with Crippen LogP contribution in [0.2, 0.25) is 0 Å². The minimum atomic E-state index is -3.05. The van der Waals surface area contributed by atoms with Crippen LogP contribution in [0.5, 0.6) is 11.5 Å². The van der Waals surface area contributed by atoms with E-state index in [2.05, 4.69) is 0 Å². The lowest BCUT2D eigenvalue weighted by atomic mass is 10.3. The Labute approximate surface area is 88.6 Å². The van der Waals surface area contributed by atoms with Gasteiger partial charge in [0, 0.05) is 0 Å². The molecule has 0 N–H and O–H groups in total. The quantitative estimate of drug-likeness (QED) is 0.747. The molecule has 1 aromatic carbocycles. The highest BCUT2D eigenvalue weighted by Gasteiger charge is 2.26. The number of methoxy groups -OCH3 is 2. The van der Waals surface area contributed by atoms with Crippen LogP contribution in [-0.4, -0.2) is 27.3 Å². The molecule has 1 atom stereocenters. The van der Waals surface area contributed by atoms with Crippen LogP contribution < -0.4 is 14.8 Å². The van der Waals surface area contributed by atoms with Crippen LogP contribution in [0, 0.1) is 0 Å². The summed E-state index contributed by atoms with van der Waals surface area (Å²) in [4.78, 5) is 0. The Bertz CT molecular complexity index is 370. The average molecular weight is 232 g/mol. The van der Waals surface area contributed by atoms with E-state index >= 15 is 0 Å². The third-order valence-electron chi connectivity index (χ3n) is 2.10. The summed E-state index contributed by atoms with van der Waals surface area (Å²) in [6.45, 7) is 1.38. The molecule has 0 fully saturated rings. The molecule has 5 heteroatoms. The summed E-state index contributed by atoms with van der Waals surface area (Å²) in [6, 6.07) is 4.99. The Morgan fingerprint density at radius 3 is 2.07 bits per heavy atom. The Morgan fingerprint density at radius 1 is 1.27 bits per heavy atom. The number of rotatable bonds is 4. The summed E-state index contributed by atoms with van der Waals surface area (Å²) in [5, 5.41) is 0.331. The largest absolute Gasteiger partial charge is 0.496 e. The second-order valence-corrected chi connectivity index (χ2v) is 6.12. The monoisotopic (exact) mass is 232 g/mol.